The Balaban J connectivity index is 1.72. The van der Waals surface area contributed by atoms with E-state index in [1.54, 1.807) is 6.08 Å². The van der Waals surface area contributed by atoms with Crippen LogP contribution in [0.1, 0.15) is 24.8 Å². The van der Waals surface area contributed by atoms with E-state index in [9.17, 15) is 0 Å². The second kappa shape index (κ2) is 5.19. The summed E-state index contributed by atoms with van der Waals surface area (Å²) in [5, 5.41) is 8.79. The number of rotatable bonds is 3. The van der Waals surface area contributed by atoms with Crippen LogP contribution in [0.4, 0.5) is 0 Å². The molecule has 1 saturated heterocycles. The van der Waals surface area contributed by atoms with Crippen molar-refractivity contribution in [1.82, 2.24) is 4.90 Å². The van der Waals surface area contributed by atoms with E-state index in [1.165, 1.54) is 31.4 Å². The first kappa shape index (κ1) is 12.4. The topological polar surface area (TPSA) is 27.0 Å². The molecule has 19 heavy (non-hydrogen) atoms. The Morgan fingerprint density at radius 1 is 1.37 bits per heavy atom. The Labute approximate surface area is 115 Å². The molecule has 0 spiro atoms. The number of allylic oxidation sites excluding steroid dienone is 1. The largest absolute Gasteiger partial charge is 0.298 e. The molecule has 2 atom stereocenters. The molecular formula is C17H20N2. The van der Waals surface area contributed by atoms with Crippen molar-refractivity contribution >= 4 is 0 Å². The Morgan fingerprint density at radius 3 is 3.00 bits per heavy atom. The normalized spacial score (nSPS) is 30.6. The molecule has 2 nitrogen and oxygen atoms in total. The highest BCUT2D eigenvalue weighted by molar-refractivity contribution is 5.19. The Hall–Kier alpha value is -1.59. The zero-order valence-electron chi connectivity index (χ0n) is 11.3. The summed E-state index contributed by atoms with van der Waals surface area (Å²) < 4.78 is 0. The fraction of sp³-hybridized carbons (Fsp3) is 0.471. The molecule has 98 valence electrons. The van der Waals surface area contributed by atoms with Crippen molar-refractivity contribution in [1.29, 1.82) is 5.26 Å². The molecule has 1 aromatic carbocycles. The van der Waals surface area contributed by atoms with Gasteiger partial charge in [-0.15, -0.1) is 0 Å². The molecule has 3 rings (SSSR count). The van der Waals surface area contributed by atoms with E-state index in [2.05, 4.69) is 47.4 Å². The van der Waals surface area contributed by atoms with Gasteiger partial charge < -0.3 is 0 Å². The maximum absolute atomic E-state index is 8.79. The van der Waals surface area contributed by atoms with Gasteiger partial charge in [-0.3, -0.25) is 4.90 Å². The average Bonchev–Trinajstić information content (AvgIpc) is 2.94. The van der Waals surface area contributed by atoms with Crippen LogP contribution in [-0.2, 0) is 6.54 Å². The lowest BCUT2D eigenvalue weighted by molar-refractivity contribution is 0.284. The van der Waals surface area contributed by atoms with Gasteiger partial charge in [-0.25, -0.2) is 0 Å². The highest BCUT2D eigenvalue weighted by Crippen LogP contribution is 2.49. The summed E-state index contributed by atoms with van der Waals surface area (Å²) in [5.41, 5.74) is 1.67. The third-order valence-corrected chi connectivity index (χ3v) is 4.74. The van der Waals surface area contributed by atoms with Crippen LogP contribution < -0.4 is 0 Å². The second-order valence-corrected chi connectivity index (χ2v) is 5.94. The van der Waals surface area contributed by atoms with E-state index in [0.717, 1.165) is 19.0 Å². The van der Waals surface area contributed by atoms with Crippen molar-refractivity contribution in [3.05, 3.63) is 48.0 Å². The van der Waals surface area contributed by atoms with Crippen molar-refractivity contribution < 1.29 is 0 Å². The van der Waals surface area contributed by atoms with Crippen molar-refractivity contribution in [2.24, 2.45) is 11.3 Å². The predicted octanol–water partition coefficient (Wildman–Crippen LogP) is 3.37. The van der Waals surface area contributed by atoms with E-state index in [1.807, 2.05) is 0 Å². The van der Waals surface area contributed by atoms with Gasteiger partial charge in [-0.05, 0) is 24.3 Å². The van der Waals surface area contributed by atoms with Gasteiger partial charge in [0.2, 0.25) is 0 Å². The standard InChI is InChI=1S/C17H20N2/c18-11-5-10-17-9-4-8-16(17)13-19(14-17)12-15-6-2-1-3-7-15/h1-3,5-7,10,16H,4,8-9,12-14H2. The van der Waals surface area contributed by atoms with Crippen molar-refractivity contribution in [2.75, 3.05) is 13.1 Å². The molecule has 1 aromatic rings. The smallest absolute Gasteiger partial charge is 0.0908 e. The van der Waals surface area contributed by atoms with Crippen LogP contribution in [0.15, 0.2) is 42.5 Å². The number of benzene rings is 1. The molecular weight excluding hydrogens is 232 g/mol. The van der Waals surface area contributed by atoms with Gasteiger partial charge >= 0.3 is 0 Å². The molecule has 1 aliphatic heterocycles. The van der Waals surface area contributed by atoms with Gasteiger partial charge in [0, 0.05) is 31.1 Å². The molecule has 1 aliphatic carbocycles. The summed E-state index contributed by atoms with van der Waals surface area (Å²) in [6, 6.07) is 12.9. The first-order valence-electron chi connectivity index (χ1n) is 7.16. The minimum absolute atomic E-state index is 0.282. The van der Waals surface area contributed by atoms with E-state index in [4.69, 9.17) is 5.26 Å². The zero-order chi connectivity index (χ0) is 13.1. The fourth-order valence-electron chi connectivity index (χ4n) is 3.88. The maximum Gasteiger partial charge on any atom is 0.0908 e. The Bertz CT molecular complexity index is 500. The van der Waals surface area contributed by atoms with Crippen molar-refractivity contribution in [3.63, 3.8) is 0 Å². The maximum atomic E-state index is 8.79. The highest BCUT2D eigenvalue weighted by Gasteiger charge is 2.47. The molecule has 0 amide bonds. The lowest BCUT2D eigenvalue weighted by atomic mass is 9.80. The molecule has 0 N–H and O–H groups in total. The van der Waals surface area contributed by atoms with Gasteiger partial charge in [-0.2, -0.15) is 5.26 Å². The average molecular weight is 252 g/mol. The van der Waals surface area contributed by atoms with E-state index >= 15 is 0 Å². The first-order chi connectivity index (χ1) is 9.32. The summed E-state index contributed by atoms with van der Waals surface area (Å²) >= 11 is 0. The minimum atomic E-state index is 0.282. The summed E-state index contributed by atoms with van der Waals surface area (Å²) in [4.78, 5) is 2.56. The van der Waals surface area contributed by atoms with Crippen molar-refractivity contribution in [3.8, 4) is 6.07 Å². The minimum Gasteiger partial charge on any atom is -0.298 e. The number of hydrogen-bond donors (Lipinski definition) is 0. The van der Waals surface area contributed by atoms with Crippen LogP contribution in [0.5, 0.6) is 0 Å². The van der Waals surface area contributed by atoms with E-state index in [-0.39, 0.29) is 5.41 Å². The lowest BCUT2D eigenvalue weighted by Crippen LogP contribution is -2.25. The van der Waals surface area contributed by atoms with Crippen molar-refractivity contribution in [2.45, 2.75) is 25.8 Å². The van der Waals surface area contributed by atoms with Crippen LogP contribution in [-0.4, -0.2) is 18.0 Å². The SMILES string of the molecule is N#CC=CC12CCCC1CN(Cc1ccccc1)C2. The Morgan fingerprint density at radius 2 is 2.21 bits per heavy atom. The van der Waals surface area contributed by atoms with Crippen LogP contribution in [0, 0.1) is 22.7 Å². The van der Waals surface area contributed by atoms with Crippen LogP contribution >= 0.6 is 0 Å². The van der Waals surface area contributed by atoms with Gasteiger partial charge in [0.15, 0.2) is 0 Å². The van der Waals surface area contributed by atoms with Crippen LogP contribution in [0.2, 0.25) is 0 Å². The number of nitrogens with zero attached hydrogens (tertiary/aromatic N) is 2. The molecule has 1 saturated carbocycles. The van der Waals surface area contributed by atoms with Gasteiger partial charge in [0.05, 0.1) is 6.07 Å². The van der Waals surface area contributed by atoms with E-state index < -0.39 is 0 Å². The number of likely N-dealkylation sites (tertiary alicyclic amines) is 1. The van der Waals surface area contributed by atoms with E-state index in [0.29, 0.717) is 0 Å². The fourth-order valence-corrected chi connectivity index (χ4v) is 3.88. The summed E-state index contributed by atoms with van der Waals surface area (Å²) in [5.74, 6) is 0.751. The molecule has 2 fully saturated rings. The second-order valence-electron chi connectivity index (χ2n) is 5.94. The van der Waals surface area contributed by atoms with Crippen LogP contribution in [0.3, 0.4) is 0 Å². The number of hydrogen-bond acceptors (Lipinski definition) is 2. The molecule has 2 aliphatic rings. The summed E-state index contributed by atoms with van der Waals surface area (Å²) in [7, 11) is 0. The zero-order valence-corrected chi connectivity index (χ0v) is 11.3. The molecule has 2 unspecified atom stereocenters. The van der Waals surface area contributed by atoms with Gasteiger partial charge in [0.25, 0.3) is 0 Å². The first-order valence-corrected chi connectivity index (χ1v) is 7.16. The highest BCUT2D eigenvalue weighted by atomic mass is 15.2. The molecule has 0 radical (unpaired) electrons. The van der Waals surface area contributed by atoms with Gasteiger partial charge in [-0.1, -0.05) is 42.8 Å². The van der Waals surface area contributed by atoms with Crippen LogP contribution in [0.25, 0.3) is 0 Å². The third kappa shape index (κ3) is 2.43. The lowest BCUT2D eigenvalue weighted by Gasteiger charge is -2.24. The monoisotopic (exact) mass is 252 g/mol. The number of nitriles is 1. The molecule has 0 aromatic heterocycles. The summed E-state index contributed by atoms with van der Waals surface area (Å²) in [6.07, 6.45) is 7.78. The molecule has 2 heteroatoms. The number of fused-ring (bicyclic) bond motifs is 1. The molecule has 1 heterocycles. The Kier molecular flexibility index (Phi) is 3.40. The predicted molar refractivity (Wildman–Crippen MR) is 76.2 cm³/mol. The van der Waals surface area contributed by atoms with Gasteiger partial charge in [0.1, 0.15) is 0 Å². The molecule has 0 bridgehead atoms. The quantitative estimate of drug-likeness (QED) is 0.771. The summed E-state index contributed by atoms with van der Waals surface area (Å²) in [6.45, 7) is 3.34. The third-order valence-electron chi connectivity index (χ3n) is 4.74.